The number of carboxylic acids is 1. The van der Waals surface area contributed by atoms with Crippen molar-refractivity contribution >= 4 is 23.7 Å². The number of nitrogens with zero attached hydrogens (tertiary/aromatic N) is 1. The van der Waals surface area contributed by atoms with E-state index in [1.807, 2.05) is 48.5 Å². The molecule has 0 saturated heterocycles. The van der Waals surface area contributed by atoms with Crippen LogP contribution in [0.1, 0.15) is 22.3 Å². The molecule has 1 N–H and O–H groups in total. The van der Waals surface area contributed by atoms with Crippen LogP contribution in [-0.2, 0) is 40.4 Å². The first kappa shape index (κ1) is 23.6. The summed E-state index contributed by atoms with van der Waals surface area (Å²) in [4.78, 5) is 29.0. The summed E-state index contributed by atoms with van der Waals surface area (Å²) in [6.45, 7) is 0.888. The molecule has 8 heteroatoms. The maximum Gasteiger partial charge on any atom is 0.528 e. The van der Waals surface area contributed by atoms with Gasteiger partial charge in [-0.1, -0.05) is 54.1 Å². The number of halogens is 1. The van der Waals surface area contributed by atoms with Crippen molar-refractivity contribution in [3.8, 4) is 16.9 Å². The lowest BCUT2D eigenvalue weighted by Crippen LogP contribution is -2.33. The highest BCUT2D eigenvalue weighted by atomic mass is 35.5. The van der Waals surface area contributed by atoms with Gasteiger partial charge in [-0.15, -0.1) is 5.06 Å². The van der Waals surface area contributed by atoms with Gasteiger partial charge in [-0.25, -0.2) is 4.79 Å². The van der Waals surface area contributed by atoms with E-state index in [0.29, 0.717) is 35.8 Å². The molecule has 0 aromatic heterocycles. The SMILES string of the molecule is COc1ccc(CC(=O)O)cc1-c1ccc(Cl)c2c1CN(OC(=O)OCc1ccccc1)CC2. The number of methoxy groups -OCH3 is 1. The van der Waals surface area contributed by atoms with Crippen molar-refractivity contribution in [3.05, 3.63) is 87.9 Å². The highest BCUT2D eigenvalue weighted by molar-refractivity contribution is 6.31. The van der Waals surface area contributed by atoms with Gasteiger partial charge < -0.3 is 19.4 Å². The molecular weight excluding hydrogens is 458 g/mol. The summed E-state index contributed by atoms with van der Waals surface area (Å²) < 4.78 is 10.8. The van der Waals surface area contributed by atoms with Crippen LogP contribution in [0.25, 0.3) is 11.1 Å². The number of hydrogen-bond donors (Lipinski definition) is 1. The Labute approximate surface area is 202 Å². The lowest BCUT2D eigenvalue weighted by atomic mass is 9.90. The zero-order valence-corrected chi connectivity index (χ0v) is 19.4. The minimum absolute atomic E-state index is 0.102. The van der Waals surface area contributed by atoms with Gasteiger partial charge in [0.1, 0.15) is 12.4 Å². The molecule has 0 saturated carbocycles. The fourth-order valence-electron chi connectivity index (χ4n) is 4.04. The zero-order chi connectivity index (χ0) is 24.1. The van der Waals surface area contributed by atoms with Gasteiger partial charge in [-0.3, -0.25) is 4.79 Å². The van der Waals surface area contributed by atoms with Crippen molar-refractivity contribution in [2.45, 2.75) is 26.0 Å². The third-order valence-corrected chi connectivity index (χ3v) is 5.99. The van der Waals surface area contributed by atoms with Gasteiger partial charge in [0.25, 0.3) is 0 Å². The van der Waals surface area contributed by atoms with Crippen molar-refractivity contribution in [2.24, 2.45) is 0 Å². The zero-order valence-electron chi connectivity index (χ0n) is 18.6. The largest absolute Gasteiger partial charge is 0.528 e. The molecule has 0 unspecified atom stereocenters. The van der Waals surface area contributed by atoms with Gasteiger partial charge in [0, 0.05) is 17.1 Å². The van der Waals surface area contributed by atoms with Crippen molar-refractivity contribution in [2.75, 3.05) is 13.7 Å². The van der Waals surface area contributed by atoms with Gasteiger partial charge in [-0.05, 0) is 52.4 Å². The second-order valence-electron chi connectivity index (χ2n) is 7.89. The molecule has 1 aliphatic rings. The number of benzene rings is 3. The fourth-order valence-corrected chi connectivity index (χ4v) is 4.31. The molecule has 0 aliphatic carbocycles. The molecule has 3 aromatic carbocycles. The van der Waals surface area contributed by atoms with E-state index in [2.05, 4.69) is 0 Å². The standard InChI is InChI=1S/C26H24ClNO6/c1-32-24-10-7-18(14-25(29)30)13-21(24)19-8-9-23(27)20-11-12-28(15-22(19)20)34-26(31)33-16-17-5-3-2-4-6-17/h2-10,13H,11-12,14-16H2,1H3,(H,29,30). The molecule has 1 aliphatic heterocycles. The first-order valence-electron chi connectivity index (χ1n) is 10.8. The van der Waals surface area contributed by atoms with Crippen molar-refractivity contribution in [3.63, 3.8) is 0 Å². The number of carbonyl (C=O) groups excluding carboxylic acids is 1. The van der Waals surface area contributed by atoms with Crippen LogP contribution in [0, 0.1) is 0 Å². The van der Waals surface area contributed by atoms with E-state index >= 15 is 0 Å². The molecular formula is C26H24ClNO6. The van der Waals surface area contributed by atoms with Gasteiger partial charge in [0.05, 0.1) is 20.1 Å². The topological polar surface area (TPSA) is 85.3 Å². The van der Waals surface area contributed by atoms with Crippen molar-refractivity contribution in [1.82, 2.24) is 5.06 Å². The predicted molar refractivity (Wildman–Crippen MR) is 127 cm³/mol. The van der Waals surface area contributed by atoms with Crippen LogP contribution in [0.15, 0.2) is 60.7 Å². The van der Waals surface area contributed by atoms with E-state index in [0.717, 1.165) is 27.8 Å². The molecule has 0 fully saturated rings. The minimum atomic E-state index is -0.914. The van der Waals surface area contributed by atoms with Crippen LogP contribution in [0.3, 0.4) is 0 Å². The average molecular weight is 482 g/mol. The predicted octanol–water partition coefficient (Wildman–Crippen LogP) is 5.27. The molecule has 176 valence electrons. The average Bonchev–Trinajstić information content (AvgIpc) is 2.83. The Morgan fingerprint density at radius 2 is 1.79 bits per heavy atom. The third kappa shape index (κ3) is 5.50. The maximum atomic E-state index is 12.3. The highest BCUT2D eigenvalue weighted by Gasteiger charge is 2.26. The number of rotatable bonds is 7. The number of fused-ring (bicyclic) bond motifs is 1. The molecule has 0 amide bonds. The summed E-state index contributed by atoms with van der Waals surface area (Å²) in [7, 11) is 1.57. The molecule has 1 heterocycles. The molecule has 7 nitrogen and oxygen atoms in total. The Balaban J connectivity index is 1.56. The quantitative estimate of drug-likeness (QED) is 0.460. The van der Waals surface area contributed by atoms with E-state index in [1.54, 1.807) is 24.3 Å². The summed E-state index contributed by atoms with van der Waals surface area (Å²) in [6, 6.07) is 18.4. The van der Waals surface area contributed by atoms with Crippen LogP contribution < -0.4 is 4.74 Å². The lowest BCUT2D eigenvalue weighted by Gasteiger charge is -2.29. The number of aliphatic carboxylic acids is 1. The summed E-state index contributed by atoms with van der Waals surface area (Å²) in [5.41, 5.74) is 4.96. The fraction of sp³-hybridized carbons (Fsp3) is 0.231. The van der Waals surface area contributed by atoms with Crippen molar-refractivity contribution < 1.29 is 29.0 Å². The molecule has 0 bridgehead atoms. The number of hydrogen-bond acceptors (Lipinski definition) is 6. The smallest absolute Gasteiger partial charge is 0.496 e. The van der Waals surface area contributed by atoms with E-state index in [4.69, 9.17) is 25.9 Å². The second-order valence-corrected chi connectivity index (χ2v) is 8.29. The van der Waals surface area contributed by atoms with E-state index in [9.17, 15) is 14.7 Å². The Hall–Kier alpha value is -3.55. The Morgan fingerprint density at radius 1 is 1.00 bits per heavy atom. The van der Waals surface area contributed by atoms with Crippen LogP contribution in [0.2, 0.25) is 5.02 Å². The molecule has 3 aromatic rings. The van der Waals surface area contributed by atoms with Crippen LogP contribution in [0.5, 0.6) is 5.75 Å². The summed E-state index contributed by atoms with van der Waals surface area (Å²) in [5.74, 6) is -0.304. The van der Waals surface area contributed by atoms with Crippen molar-refractivity contribution in [1.29, 1.82) is 0 Å². The van der Waals surface area contributed by atoms with E-state index in [1.165, 1.54) is 0 Å². The number of carbonyl (C=O) groups is 2. The van der Waals surface area contributed by atoms with E-state index in [-0.39, 0.29) is 13.0 Å². The molecule has 4 rings (SSSR count). The van der Waals surface area contributed by atoms with E-state index < -0.39 is 12.1 Å². The first-order chi connectivity index (χ1) is 16.4. The van der Waals surface area contributed by atoms with Gasteiger partial charge in [0.15, 0.2) is 0 Å². The molecule has 34 heavy (non-hydrogen) atoms. The summed E-state index contributed by atoms with van der Waals surface area (Å²) in [5, 5.41) is 11.4. The lowest BCUT2D eigenvalue weighted by molar-refractivity contribution is -0.139. The van der Waals surface area contributed by atoms with Gasteiger partial charge in [0.2, 0.25) is 0 Å². The number of hydroxylamine groups is 2. The van der Waals surface area contributed by atoms with Gasteiger partial charge in [-0.2, -0.15) is 0 Å². The van der Waals surface area contributed by atoms with Gasteiger partial charge >= 0.3 is 12.1 Å². The molecule has 0 atom stereocenters. The third-order valence-electron chi connectivity index (χ3n) is 5.63. The molecule has 0 spiro atoms. The van der Waals surface area contributed by atoms with Crippen LogP contribution in [-0.4, -0.2) is 35.9 Å². The Bertz CT molecular complexity index is 1200. The monoisotopic (exact) mass is 481 g/mol. The summed E-state index contributed by atoms with van der Waals surface area (Å²) in [6.07, 6.45) is -0.308. The second kappa shape index (κ2) is 10.6. The minimum Gasteiger partial charge on any atom is -0.496 e. The summed E-state index contributed by atoms with van der Waals surface area (Å²) >= 11 is 6.49. The Kier molecular flexibility index (Phi) is 7.35. The first-order valence-corrected chi connectivity index (χ1v) is 11.2. The Morgan fingerprint density at radius 3 is 2.53 bits per heavy atom. The van der Waals surface area contributed by atoms with Crippen LogP contribution in [0.4, 0.5) is 4.79 Å². The van der Waals surface area contributed by atoms with Crippen LogP contribution >= 0.6 is 11.6 Å². The maximum absolute atomic E-state index is 12.3. The normalized spacial score (nSPS) is 13.1. The number of carboxylic acid groups (broad SMARTS) is 1. The number of ether oxygens (including phenoxy) is 2. The molecule has 0 radical (unpaired) electrons. The highest BCUT2D eigenvalue weighted by Crippen LogP contribution is 2.39.